The zero-order chi connectivity index (χ0) is 19.8. The van der Waals surface area contributed by atoms with Crippen LogP contribution in [0.3, 0.4) is 0 Å². The minimum Gasteiger partial charge on any atom is -0.507 e. The van der Waals surface area contributed by atoms with E-state index in [9.17, 15) is 14.7 Å². The molecule has 2 aromatic carbocycles. The van der Waals surface area contributed by atoms with Crippen LogP contribution in [-0.4, -0.2) is 27.0 Å². The maximum Gasteiger partial charge on any atom is 0.301 e. The smallest absolute Gasteiger partial charge is 0.301 e. The van der Waals surface area contributed by atoms with Gasteiger partial charge >= 0.3 is 5.91 Å². The minimum atomic E-state index is -0.801. The molecule has 0 unspecified atom stereocenters. The summed E-state index contributed by atoms with van der Waals surface area (Å²) in [6, 6.07) is 15.2. The van der Waals surface area contributed by atoms with E-state index in [2.05, 4.69) is 26.1 Å². The average molecular weight is 456 g/mol. The van der Waals surface area contributed by atoms with Crippen LogP contribution in [0.4, 0.5) is 5.13 Å². The van der Waals surface area contributed by atoms with E-state index in [4.69, 9.17) is 0 Å². The lowest BCUT2D eigenvalue weighted by Gasteiger charge is -2.22. The van der Waals surface area contributed by atoms with Crippen molar-refractivity contribution in [2.75, 3.05) is 4.90 Å². The molecule has 1 aliphatic heterocycles. The number of Topliss-reactive ketones (excluding diaryl/α,β-unsaturated/α-hetero) is 1. The Labute approximate surface area is 173 Å². The Kier molecular flexibility index (Phi) is 4.82. The molecule has 1 N–H and O–H groups in total. The number of carbonyl (C=O) groups excluding carboxylic acids is 2. The first-order valence-corrected chi connectivity index (χ1v) is 10.0. The van der Waals surface area contributed by atoms with Crippen molar-refractivity contribution < 1.29 is 14.7 Å². The van der Waals surface area contributed by atoms with Gasteiger partial charge < -0.3 is 5.11 Å². The largest absolute Gasteiger partial charge is 0.507 e. The summed E-state index contributed by atoms with van der Waals surface area (Å²) in [5.41, 5.74) is 1.18. The van der Waals surface area contributed by atoms with Crippen molar-refractivity contribution in [3.8, 4) is 0 Å². The summed E-state index contributed by atoms with van der Waals surface area (Å²) in [5, 5.41) is 19.9. The SMILES string of the molecule is Cc1nnc(N2C(=O)C(=O)C(=C(O)c3ccccc3)[C@H]2c2cccc(Br)c2)s1. The summed E-state index contributed by atoms with van der Waals surface area (Å²) in [6.07, 6.45) is 0. The number of aromatic nitrogens is 2. The van der Waals surface area contributed by atoms with Crippen LogP contribution in [0.5, 0.6) is 0 Å². The van der Waals surface area contributed by atoms with Gasteiger partial charge in [-0.3, -0.25) is 14.5 Å². The van der Waals surface area contributed by atoms with E-state index in [1.54, 1.807) is 37.3 Å². The van der Waals surface area contributed by atoms with E-state index in [0.29, 0.717) is 21.3 Å². The fourth-order valence-electron chi connectivity index (χ4n) is 3.16. The molecule has 28 heavy (non-hydrogen) atoms. The van der Waals surface area contributed by atoms with Gasteiger partial charge in [-0.1, -0.05) is 69.7 Å². The predicted molar refractivity (Wildman–Crippen MR) is 110 cm³/mol. The van der Waals surface area contributed by atoms with Gasteiger partial charge in [-0.25, -0.2) is 0 Å². The van der Waals surface area contributed by atoms with Gasteiger partial charge in [0, 0.05) is 10.0 Å². The van der Waals surface area contributed by atoms with Gasteiger partial charge in [0.1, 0.15) is 10.8 Å². The van der Waals surface area contributed by atoms with Gasteiger partial charge in [0.05, 0.1) is 11.6 Å². The van der Waals surface area contributed by atoms with Gasteiger partial charge in [0.25, 0.3) is 5.78 Å². The highest BCUT2D eigenvalue weighted by Crippen LogP contribution is 2.43. The molecule has 1 aliphatic rings. The van der Waals surface area contributed by atoms with Gasteiger partial charge in [-0.2, -0.15) is 0 Å². The van der Waals surface area contributed by atoms with Gasteiger partial charge in [-0.15, -0.1) is 10.2 Å². The highest BCUT2D eigenvalue weighted by atomic mass is 79.9. The lowest BCUT2D eigenvalue weighted by Crippen LogP contribution is -2.29. The first kappa shape index (κ1) is 18.5. The molecule has 1 atom stereocenters. The van der Waals surface area contributed by atoms with Crippen molar-refractivity contribution in [1.82, 2.24) is 10.2 Å². The Hall–Kier alpha value is -2.84. The van der Waals surface area contributed by atoms with E-state index in [1.807, 2.05) is 24.3 Å². The molecule has 0 bridgehead atoms. The van der Waals surface area contributed by atoms with Crippen LogP contribution in [0, 0.1) is 6.92 Å². The molecular weight excluding hydrogens is 442 g/mol. The summed E-state index contributed by atoms with van der Waals surface area (Å²) < 4.78 is 0.795. The van der Waals surface area contributed by atoms with E-state index in [-0.39, 0.29) is 11.3 Å². The zero-order valence-electron chi connectivity index (χ0n) is 14.7. The van der Waals surface area contributed by atoms with Crippen molar-refractivity contribution in [3.05, 3.63) is 80.8 Å². The lowest BCUT2D eigenvalue weighted by molar-refractivity contribution is -0.132. The Morgan fingerprint density at radius 1 is 1.11 bits per heavy atom. The maximum atomic E-state index is 12.9. The van der Waals surface area contributed by atoms with Crippen LogP contribution in [0.25, 0.3) is 5.76 Å². The normalized spacial score (nSPS) is 18.6. The van der Waals surface area contributed by atoms with E-state index in [1.165, 1.54) is 16.2 Å². The molecule has 140 valence electrons. The number of hydrogen-bond donors (Lipinski definition) is 1. The van der Waals surface area contributed by atoms with Crippen LogP contribution in [0.15, 0.2) is 64.6 Å². The predicted octanol–water partition coefficient (Wildman–Crippen LogP) is 4.24. The van der Waals surface area contributed by atoms with Gasteiger partial charge in [0.15, 0.2) is 0 Å². The number of hydrogen-bond acceptors (Lipinski definition) is 6. The maximum absolute atomic E-state index is 12.9. The Balaban J connectivity index is 1.96. The van der Waals surface area contributed by atoms with E-state index >= 15 is 0 Å². The zero-order valence-corrected chi connectivity index (χ0v) is 17.1. The molecule has 3 aromatic rings. The quantitative estimate of drug-likeness (QED) is 0.362. The third-order valence-corrected chi connectivity index (χ3v) is 5.71. The third-order valence-electron chi connectivity index (χ3n) is 4.38. The Morgan fingerprint density at radius 3 is 2.50 bits per heavy atom. The molecule has 0 saturated carbocycles. The van der Waals surface area contributed by atoms with Crippen LogP contribution in [-0.2, 0) is 9.59 Å². The number of rotatable bonds is 3. The van der Waals surface area contributed by atoms with Crippen LogP contribution < -0.4 is 4.90 Å². The van der Waals surface area contributed by atoms with Crippen LogP contribution >= 0.6 is 27.3 Å². The fourth-order valence-corrected chi connectivity index (χ4v) is 4.29. The average Bonchev–Trinajstić information content (AvgIpc) is 3.23. The first-order chi connectivity index (χ1) is 13.5. The van der Waals surface area contributed by atoms with Crippen molar-refractivity contribution in [3.63, 3.8) is 0 Å². The molecule has 1 saturated heterocycles. The summed E-state index contributed by atoms with van der Waals surface area (Å²) >= 11 is 4.65. The number of aliphatic hydroxyl groups excluding tert-OH is 1. The molecular formula is C20H14BrN3O3S. The minimum absolute atomic E-state index is 0.0298. The second-order valence-electron chi connectivity index (χ2n) is 6.19. The number of carbonyl (C=O) groups is 2. The summed E-state index contributed by atoms with van der Waals surface area (Å²) in [7, 11) is 0. The molecule has 0 radical (unpaired) electrons. The molecule has 0 spiro atoms. The number of anilines is 1. The van der Waals surface area contributed by atoms with Crippen molar-refractivity contribution in [2.24, 2.45) is 0 Å². The summed E-state index contributed by atoms with van der Waals surface area (Å²) in [5.74, 6) is -1.70. The Morgan fingerprint density at radius 2 is 1.86 bits per heavy atom. The molecule has 0 aliphatic carbocycles. The molecule has 6 nitrogen and oxygen atoms in total. The molecule has 1 fully saturated rings. The molecule has 1 amide bonds. The van der Waals surface area contributed by atoms with E-state index in [0.717, 1.165) is 4.47 Å². The summed E-state index contributed by atoms with van der Waals surface area (Å²) in [6.45, 7) is 1.77. The molecule has 2 heterocycles. The van der Waals surface area contributed by atoms with Gasteiger partial charge in [-0.05, 0) is 24.6 Å². The topological polar surface area (TPSA) is 83.4 Å². The standard InChI is InChI=1S/C20H14BrN3O3S/c1-11-22-23-20(28-11)24-16(13-8-5-9-14(21)10-13)15(18(26)19(24)27)17(25)12-6-3-2-4-7-12/h2-10,16,25H,1H3/t16-/m1/s1. The number of amides is 1. The van der Waals surface area contributed by atoms with Gasteiger partial charge in [0.2, 0.25) is 5.13 Å². The number of halogens is 1. The number of aryl methyl sites for hydroxylation is 1. The highest BCUT2D eigenvalue weighted by molar-refractivity contribution is 9.10. The van der Waals surface area contributed by atoms with Crippen molar-refractivity contribution in [2.45, 2.75) is 13.0 Å². The first-order valence-electron chi connectivity index (χ1n) is 8.39. The number of ketones is 1. The van der Waals surface area contributed by atoms with Crippen LogP contribution in [0.2, 0.25) is 0 Å². The molecule has 8 heteroatoms. The second kappa shape index (κ2) is 7.29. The fraction of sp³-hybridized carbons (Fsp3) is 0.100. The number of nitrogens with zero attached hydrogens (tertiary/aromatic N) is 3. The molecule has 4 rings (SSSR count). The second-order valence-corrected chi connectivity index (χ2v) is 8.27. The van der Waals surface area contributed by atoms with Crippen LogP contribution in [0.1, 0.15) is 22.2 Å². The highest BCUT2D eigenvalue weighted by Gasteiger charge is 2.48. The van der Waals surface area contributed by atoms with Crippen molar-refractivity contribution in [1.29, 1.82) is 0 Å². The van der Waals surface area contributed by atoms with E-state index < -0.39 is 17.7 Å². The number of benzene rings is 2. The number of aliphatic hydroxyl groups is 1. The third kappa shape index (κ3) is 3.14. The molecule has 1 aromatic heterocycles. The lowest BCUT2D eigenvalue weighted by atomic mass is 9.95. The van der Waals surface area contributed by atoms with Crippen molar-refractivity contribution >= 4 is 49.8 Å². The monoisotopic (exact) mass is 455 g/mol. The summed E-state index contributed by atoms with van der Waals surface area (Å²) in [4.78, 5) is 27.1. The Bertz CT molecular complexity index is 1110.